The Morgan fingerprint density at radius 2 is 1.02 bits per heavy atom. The van der Waals surface area contributed by atoms with Gasteiger partial charge in [0.15, 0.2) is 23.0 Å². The molecule has 0 aromatic heterocycles. The zero-order valence-electron chi connectivity index (χ0n) is 37.7. The van der Waals surface area contributed by atoms with Crippen LogP contribution >= 0.6 is 0 Å². The Bertz CT molecular complexity index is 1980. The van der Waals surface area contributed by atoms with Gasteiger partial charge in [-0.2, -0.15) is 0 Å². The molecule has 2 saturated heterocycles. The van der Waals surface area contributed by atoms with Crippen molar-refractivity contribution in [2.75, 3.05) is 77.6 Å². The summed E-state index contributed by atoms with van der Waals surface area (Å²) in [5.74, 6) is -0.425. The van der Waals surface area contributed by atoms with Crippen LogP contribution in [-0.4, -0.2) is 125 Å². The molecule has 2 heterocycles. The Balaban J connectivity index is 1.10. The van der Waals surface area contributed by atoms with E-state index >= 15 is 0 Å². The molecular formula is C47H60N4O14. The fourth-order valence-corrected chi connectivity index (χ4v) is 8.45. The fourth-order valence-electron chi connectivity index (χ4n) is 8.45. The number of unbranched alkanes of at least 4 members (excludes halogenated alkanes) is 2. The number of amides is 4. The Labute approximate surface area is 378 Å². The largest absolute Gasteiger partial charge is 0.493 e. The molecule has 2 aliphatic carbocycles. The number of anilines is 2. The maximum Gasteiger partial charge on any atom is 0.411 e. The van der Waals surface area contributed by atoms with Gasteiger partial charge < -0.3 is 47.7 Å². The molecule has 2 spiro atoms. The minimum absolute atomic E-state index is 0.000298. The Morgan fingerprint density at radius 3 is 1.35 bits per heavy atom. The van der Waals surface area contributed by atoms with E-state index < -0.39 is 24.1 Å². The monoisotopic (exact) mass is 904 g/mol. The summed E-state index contributed by atoms with van der Waals surface area (Å²) in [5, 5.41) is 5.35. The molecule has 18 nitrogen and oxygen atoms in total. The summed E-state index contributed by atoms with van der Waals surface area (Å²) in [4.78, 5) is 80.6. The van der Waals surface area contributed by atoms with Crippen LogP contribution in [0, 0.1) is 10.8 Å². The topological polar surface area (TPSA) is 207 Å². The Kier molecular flexibility index (Phi) is 15.9. The van der Waals surface area contributed by atoms with E-state index in [1.54, 1.807) is 9.80 Å². The third-order valence-electron chi connectivity index (χ3n) is 12.1. The van der Waals surface area contributed by atoms with Crippen molar-refractivity contribution in [1.82, 2.24) is 9.80 Å². The van der Waals surface area contributed by atoms with Crippen molar-refractivity contribution in [3.8, 4) is 23.0 Å². The number of hydrogen-bond acceptors (Lipinski definition) is 14. The van der Waals surface area contributed by atoms with Gasteiger partial charge in [0.2, 0.25) is 0 Å². The van der Waals surface area contributed by atoms with Gasteiger partial charge in [0.05, 0.1) is 62.0 Å². The maximum atomic E-state index is 14.2. The van der Waals surface area contributed by atoms with Gasteiger partial charge in [-0.25, -0.2) is 9.59 Å². The fraction of sp³-hybridized carbons (Fsp3) is 0.532. The number of esters is 2. The number of ether oxygens (including phenoxy) is 8. The number of likely N-dealkylation sites (tertiary alicyclic amines) is 2. The summed E-state index contributed by atoms with van der Waals surface area (Å²) in [6.07, 6.45) is 8.46. The molecule has 2 atom stereocenters. The molecular weight excluding hydrogens is 845 g/mol. The standard InChI is InChI=1S/C47H60N4O14/c1-7-16-62-44(56)48-36-22-40(38(58-5)20-34(36)42(54)50-28-46(12-13-46)24-32(50)26-64-30(3)52)60-18-10-9-11-19-61-41-23-37(49-45(57)63-17-8-2)35(21-39(41)59-6)43(55)51-29-47(14-15-47)25-33(51)27-65-31(4)53/h7-8,20-23,32-33H,1-2,9-19,24-29H2,3-6H3,(H,48,56)(H,49,57)/t32-,33-/m0/s1. The van der Waals surface area contributed by atoms with Gasteiger partial charge in [-0.15, -0.1) is 0 Å². The number of nitrogens with one attached hydrogen (secondary N) is 2. The SMILES string of the molecule is C=CCOC(=O)Nc1cc(OCCCCCOc2cc(NC(=O)OCC=C)c(C(=O)N3CC4(CC4)C[C@H]3COC(C)=O)cc2OC)c(OC)cc1C(=O)N1CC2(CC2)C[C@H]1COC(C)=O. The molecule has 2 aliphatic heterocycles. The van der Waals surface area contributed by atoms with Crippen molar-refractivity contribution in [3.63, 3.8) is 0 Å². The van der Waals surface area contributed by atoms with Gasteiger partial charge in [-0.05, 0) is 80.8 Å². The number of carbonyl (C=O) groups is 6. The lowest BCUT2D eigenvalue weighted by Crippen LogP contribution is -2.39. The van der Waals surface area contributed by atoms with Crippen LogP contribution in [0.5, 0.6) is 23.0 Å². The molecule has 6 rings (SSSR count). The summed E-state index contributed by atoms with van der Waals surface area (Å²) in [7, 11) is 2.91. The van der Waals surface area contributed by atoms with E-state index in [0.717, 1.165) is 25.7 Å². The summed E-state index contributed by atoms with van der Waals surface area (Å²) in [6, 6.07) is 5.47. The van der Waals surface area contributed by atoms with Crippen molar-refractivity contribution in [2.45, 2.75) is 83.7 Å². The molecule has 4 fully saturated rings. The van der Waals surface area contributed by atoms with Gasteiger partial charge in [-0.3, -0.25) is 29.8 Å². The number of carbonyl (C=O) groups excluding carboxylic acids is 6. The van der Waals surface area contributed by atoms with E-state index in [2.05, 4.69) is 23.8 Å². The highest BCUT2D eigenvalue weighted by molar-refractivity contribution is 6.05. The average Bonchev–Trinajstić information content (AvgIpc) is 4.15. The van der Waals surface area contributed by atoms with E-state index in [4.69, 9.17) is 37.9 Å². The van der Waals surface area contributed by atoms with Crippen LogP contribution in [0.15, 0.2) is 49.6 Å². The number of methoxy groups -OCH3 is 2. The minimum Gasteiger partial charge on any atom is -0.493 e. The van der Waals surface area contributed by atoms with Crippen LogP contribution < -0.4 is 29.6 Å². The number of rotatable bonds is 22. The highest BCUT2D eigenvalue weighted by Crippen LogP contribution is 2.56. The molecule has 2 aromatic carbocycles. The third kappa shape index (κ3) is 12.4. The second-order valence-electron chi connectivity index (χ2n) is 17.1. The van der Waals surface area contributed by atoms with Crippen LogP contribution in [0.25, 0.3) is 0 Å². The smallest absolute Gasteiger partial charge is 0.411 e. The van der Waals surface area contributed by atoms with E-state index in [1.807, 2.05) is 0 Å². The van der Waals surface area contributed by atoms with Gasteiger partial charge >= 0.3 is 24.1 Å². The number of hydrogen-bond donors (Lipinski definition) is 2. The zero-order chi connectivity index (χ0) is 46.7. The van der Waals surface area contributed by atoms with Crippen molar-refractivity contribution in [3.05, 3.63) is 60.7 Å². The van der Waals surface area contributed by atoms with Crippen LogP contribution in [0.1, 0.15) is 92.4 Å². The second kappa shape index (κ2) is 21.5. The lowest BCUT2D eigenvalue weighted by molar-refractivity contribution is -0.143. The van der Waals surface area contributed by atoms with Crippen LogP contribution in [0.3, 0.4) is 0 Å². The Hall–Kier alpha value is -6.46. The molecule has 2 N–H and O–H groups in total. The molecule has 4 amide bonds. The van der Waals surface area contributed by atoms with E-state index in [-0.39, 0.29) is 108 Å². The second-order valence-corrected chi connectivity index (χ2v) is 17.1. The lowest BCUT2D eigenvalue weighted by atomic mass is 10.0. The molecule has 0 bridgehead atoms. The van der Waals surface area contributed by atoms with Gasteiger partial charge in [0.25, 0.3) is 11.8 Å². The molecule has 18 heteroatoms. The highest BCUT2D eigenvalue weighted by atomic mass is 16.6. The van der Waals surface area contributed by atoms with Crippen molar-refractivity contribution in [2.24, 2.45) is 10.8 Å². The molecule has 0 unspecified atom stereocenters. The van der Waals surface area contributed by atoms with Crippen molar-refractivity contribution in [1.29, 1.82) is 0 Å². The van der Waals surface area contributed by atoms with Crippen LogP contribution in [0.2, 0.25) is 0 Å². The van der Waals surface area contributed by atoms with Gasteiger partial charge in [0.1, 0.15) is 26.4 Å². The lowest BCUT2D eigenvalue weighted by Gasteiger charge is -2.26. The van der Waals surface area contributed by atoms with Crippen LogP contribution in [0.4, 0.5) is 21.0 Å². The normalized spacial score (nSPS) is 18.3. The van der Waals surface area contributed by atoms with E-state index in [9.17, 15) is 28.8 Å². The predicted octanol–water partition coefficient (Wildman–Crippen LogP) is 6.92. The molecule has 0 radical (unpaired) electrons. The quantitative estimate of drug-likeness (QED) is 0.0533. The summed E-state index contributed by atoms with van der Waals surface area (Å²) >= 11 is 0. The number of nitrogens with zero attached hydrogens (tertiary/aromatic N) is 2. The maximum absolute atomic E-state index is 14.2. The highest BCUT2D eigenvalue weighted by Gasteiger charge is 2.55. The van der Waals surface area contributed by atoms with Crippen molar-refractivity contribution >= 4 is 47.3 Å². The molecule has 2 saturated carbocycles. The summed E-state index contributed by atoms with van der Waals surface area (Å²) < 4.78 is 44.6. The first kappa shape index (κ1) is 48.0. The predicted molar refractivity (Wildman–Crippen MR) is 237 cm³/mol. The third-order valence-corrected chi connectivity index (χ3v) is 12.1. The summed E-state index contributed by atoms with van der Waals surface area (Å²) in [6.45, 7) is 11.4. The first-order valence-corrected chi connectivity index (χ1v) is 21.9. The van der Waals surface area contributed by atoms with Crippen molar-refractivity contribution < 1.29 is 66.7 Å². The zero-order valence-corrected chi connectivity index (χ0v) is 37.7. The van der Waals surface area contributed by atoms with E-state index in [0.29, 0.717) is 56.7 Å². The molecule has 352 valence electrons. The minimum atomic E-state index is -0.789. The van der Waals surface area contributed by atoms with Gasteiger partial charge in [-0.1, -0.05) is 25.3 Å². The Morgan fingerprint density at radius 1 is 0.615 bits per heavy atom. The van der Waals surface area contributed by atoms with Crippen LogP contribution in [-0.2, 0) is 28.5 Å². The first-order chi connectivity index (χ1) is 31.2. The first-order valence-electron chi connectivity index (χ1n) is 21.9. The van der Waals surface area contributed by atoms with E-state index in [1.165, 1.54) is 64.5 Å². The summed E-state index contributed by atoms with van der Waals surface area (Å²) in [5.41, 5.74) is 0.654. The number of benzene rings is 2. The molecule has 2 aromatic rings. The molecule has 65 heavy (non-hydrogen) atoms. The van der Waals surface area contributed by atoms with Gasteiger partial charge in [0, 0.05) is 39.1 Å². The molecule has 4 aliphatic rings. The average molecular weight is 905 g/mol.